The van der Waals surface area contributed by atoms with Crippen LogP contribution >= 0.6 is 0 Å². The van der Waals surface area contributed by atoms with E-state index in [1.54, 1.807) is 0 Å². The Kier molecular flexibility index (Phi) is 4.55. The van der Waals surface area contributed by atoms with Crippen LogP contribution in [0.4, 0.5) is 0 Å². The quantitative estimate of drug-likeness (QED) is 0.539. The average molecular weight is 182 g/mol. The minimum absolute atomic E-state index is 0.506. The van der Waals surface area contributed by atoms with Crippen LogP contribution in [0.2, 0.25) is 18.5 Å². The summed E-state index contributed by atoms with van der Waals surface area (Å²) in [5.74, 6) is 0. The van der Waals surface area contributed by atoms with Crippen molar-refractivity contribution in [2.24, 2.45) is 5.41 Å². The molecule has 0 amide bonds. The van der Waals surface area contributed by atoms with Crippen molar-refractivity contribution in [2.45, 2.75) is 72.8 Å². The van der Waals surface area contributed by atoms with Crippen LogP contribution in [0.5, 0.6) is 0 Å². The number of hydrogen-bond donors (Lipinski definition) is 0. The second-order valence-electron chi connectivity index (χ2n) is 5.97. The Morgan fingerprint density at radius 2 is 1.38 bits per heavy atom. The highest BCUT2D eigenvalue weighted by Crippen LogP contribution is 2.39. The Hall–Kier alpha value is 0.0649. The summed E-state index contributed by atoms with van der Waals surface area (Å²) in [4.78, 5) is 0. The fourth-order valence-electron chi connectivity index (χ4n) is 1.60. The molecule has 0 fully saturated rings. The van der Waals surface area contributed by atoms with Crippen molar-refractivity contribution >= 4 is 6.71 Å². The van der Waals surface area contributed by atoms with Crippen LogP contribution in [-0.4, -0.2) is 6.71 Å². The molecule has 0 unspecified atom stereocenters. The molecular formula is C12H27B. The van der Waals surface area contributed by atoms with E-state index in [2.05, 4.69) is 48.4 Å². The summed E-state index contributed by atoms with van der Waals surface area (Å²) in [5, 5.41) is 0.506. The minimum Gasteiger partial charge on any atom is -0.0856 e. The van der Waals surface area contributed by atoms with Crippen LogP contribution in [0, 0.1) is 5.41 Å². The van der Waals surface area contributed by atoms with E-state index in [1.165, 1.54) is 19.2 Å². The summed E-state index contributed by atoms with van der Waals surface area (Å²) in [6, 6.07) is 0. The van der Waals surface area contributed by atoms with Crippen molar-refractivity contribution in [3.05, 3.63) is 0 Å². The lowest BCUT2D eigenvalue weighted by molar-refractivity contribution is 0.388. The Morgan fingerprint density at radius 1 is 0.923 bits per heavy atom. The Morgan fingerprint density at radius 3 is 1.69 bits per heavy atom. The summed E-state index contributed by atoms with van der Waals surface area (Å²) in [7, 11) is 0. The first-order chi connectivity index (χ1) is 5.75. The van der Waals surface area contributed by atoms with Gasteiger partial charge in [-0.05, 0) is 5.41 Å². The van der Waals surface area contributed by atoms with Crippen molar-refractivity contribution in [2.75, 3.05) is 0 Å². The third-order valence-electron chi connectivity index (χ3n) is 4.06. The standard InChI is InChI=1S/C12H27B/c1-8-11(3,4)10-13(7)12(5,6)9-2/h8-10H2,1-7H3. The lowest BCUT2D eigenvalue weighted by Crippen LogP contribution is -2.29. The van der Waals surface area contributed by atoms with Gasteiger partial charge in [-0.1, -0.05) is 72.8 Å². The zero-order valence-corrected chi connectivity index (χ0v) is 10.7. The monoisotopic (exact) mass is 182 g/mol. The van der Waals surface area contributed by atoms with Gasteiger partial charge in [0.25, 0.3) is 0 Å². The largest absolute Gasteiger partial charge is 0.143 e. The van der Waals surface area contributed by atoms with Gasteiger partial charge >= 0.3 is 0 Å². The molecule has 0 N–H and O–H groups in total. The fraction of sp³-hybridized carbons (Fsp3) is 1.00. The van der Waals surface area contributed by atoms with Gasteiger partial charge in [0, 0.05) is 0 Å². The molecule has 0 spiro atoms. The molecule has 78 valence electrons. The molecule has 0 radical (unpaired) electrons. The molecule has 0 aromatic carbocycles. The van der Waals surface area contributed by atoms with E-state index in [1.807, 2.05) is 0 Å². The molecular weight excluding hydrogens is 155 g/mol. The van der Waals surface area contributed by atoms with E-state index in [-0.39, 0.29) is 0 Å². The molecule has 0 aliphatic carbocycles. The second kappa shape index (κ2) is 4.53. The zero-order chi connectivity index (χ0) is 10.7. The van der Waals surface area contributed by atoms with E-state index < -0.39 is 0 Å². The van der Waals surface area contributed by atoms with Crippen LogP contribution in [-0.2, 0) is 0 Å². The molecule has 0 aromatic heterocycles. The van der Waals surface area contributed by atoms with Crippen LogP contribution in [0.1, 0.15) is 54.4 Å². The summed E-state index contributed by atoms with van der Waals surface area (Å²) in [6.07, 6.45) is 3.93. The van der Waals surface area contributed by atoms with Gasteiger partial charge in [-0.15, -0.1) is 0 Å². The van der Waals surface area contributed by atoms with Crippen molar-refractivity contribution in [1.29, 1.82) is 0 Å². The Bertz CT molecular complexity index is 147. The van der Waals surface area contributed by atoms with Gasteiger partial charge in [-0.3, -0.25) is 0 Å². The molecule has 0 saturated carbocycles. The molecule has 0 aromatic rings. The van der Waals surface area contributed by atoms with E-state index >= 15 is 0 Å². The summed E-state index contributed by atoms with van der Waals surface area (Å²) >= 11 is 0. The molecule has 0 rings (SSSR count). The highest BCUT2D eigenvalue weighted by atomic mass is 14.2. The fourth-order valence-corrected chi connectivity index (χ4v) is 1.60. The third kappa shape index (κ3) is 4.20. The van der Waals surface area contributed by atoms with Crippen molar-refractivity contribution < 1.29 is 0 Å². The lowest BCUT2D eigenvalue weighted by Gasteiger charge is -2.34. The van der Waals surface area contributed by atoms with Gasteiger partial charge in [-0.2, -0.15) is 0 Å². The first-order valence-corrected chi connectivity index (χ1v) is 5.75. The van der Waals surface area contributed by atoms with Crippen LogP contribution in [0.3, 0.4) is 0 Å². The Balaban J connectivity index is 4.22. The van der Waals surface area contributed by atoms with Crippen LogP contribution < -0.4 is 0 Å². The molecule has 0 atom stereocenters. The van der Waals surface area contributed by atoms with Crippen molar-refractivity contribution in [3.8, 4) is 0 Å². The first-order valence-electron chi connectivity index (χ1n) is 5.75. The predicted octanol–water partition coefficient (Wildman–Crippen LogP) is 4.74. The Labute approximate surface area is 85.6 Å². The second-order valence-corrected chi connectivity index (χ2v) is 5.97. The summed E-state index contributed by atoms with van der Waals surface area (Å²) < 4.78 is 0. The minimum atomic E-state index is 0.506. The average Bonchev–Trinajstić information content (AvgIpc) is 2.04. The van der Waals surface area contributed by atoms with E-state index in [9.17, 15) is 0 Å². The highest BCUT2D eigenvalue weighted by molar-refractivity contribution is 6.60. The molecule has 0 nitrogen and oxygen atoms in total. The van der Waals surface area contributed by atoms with Crippen LogP contribution in [0.15, 0.2) is 0 Å². The lowest BCUT2D eigenvalue weighted by atomic mass is 9.31. The van der Waals surface area contributed by atoms with Crippen LogP contribution in [0.25, 0.3) is 0 Å². The molecule has 0 aliphatic heterocycles. The SMILES string of the molecule is CCC(C)(C)CB(C)C(C)(C)CC. The van der Waals surface area contributed by atoms with Gasteiger partial charge in [-0.25, -0.2) is 0 Å². The highest BCUT2D eigenvalue weighted by Gasteiger charge is 2.31. The first kappa shape index (κ1) is 13.1. The van der Waals surface area contributed by atoms with Crippen molar-refractivity contribution in [3.63, 3.8) is 0 Å². The van der Waals surface area contributed by atoms with Gasteiger partial charge < -0.3 is 0 Å². The van der Waals surface area contributed by atoms with E-state index in [0.717, 1.165) is 6.71 Å². The third-order valence-corrected chi connectivity index (χ3v) is 4.06. The maximum absolute atomic E-state index is 2.40. The zero-order valence-electron chi connectivity index (χ0n) is 10.7. The van der Waals surface area contributed by atoms with Gasteiger partial charge in [0.15, 0.2) is 0 Å². The number of hydrogen-bond acceptors (Lipinski definition) is 0. The van der Waals surface area contributed by atoms with E-state index in [4.69, 9.17) is 0 Å². The molecule has 0 heterocycles. The molecule has 0 saturated heterocycles. The van der Waals surface area contributed by atoms with Crippen molar-refractivity contribution in [1.82, 2.24) is 0 Å². The molecule has 0 aliphatic rings. The summed E-state index contributed by atoms with van der Waals surface area (Å²) in [6.45, 7) is 17.4. The molecule has 0 bridgehead atoms. The molecule has 13 heavy (non-hydrogen) atoms. The molecule has 1 heteroatoms. The predicted molar refractivity (Wildman–Crippen MR) is 64.8 cm³/mol. The van der Waals surface area contributed by atoms with Gasteiger partial charge in [0.1, 0.15) is 6.71 Å². The number of rotatable bonds is 5. The van der Waals surface area contributed by atoms with E-state index in [0.29, 0.717) is 10.7 Å². The maximum Gasteiger partial charge on any atom is 0.143 e. The van der Waals surface area contributed by atoms with Gasteiger partial charge in [0.05, 0.1) is 0 Å². The maximum atomic E-state index is 2.40. The smallest absolute Gasteiger partial charge is 0.0856 e. The normalized spacial score (nSPS) is 13.2. The summed E-state index contributed by atoms with van der Waals surface area (Å²) in [5.41, 5.74) is 0.520. The topological polar surface area (TPSA) is 0 Å². The van der Waals surface area contributed by atoms with Gasteiger partial charge in [0.2, 0.25) is 0 Å².